The molecule has 1 heterocycles. The smallest absolute Gasteiger partial charge is 0.305 e. The largest absolute Gasteiger partial charge is 0.481 e. The van der Waals surface area contributed by atoms with Gasteiger partial charge in [0.25, 0.3) is 0 Å². The van der Waals surface area contributed by atoms with Crippen molar-refractivity contribution in [2.45, 2.75) is 4.90 Å². The molecule has 0 aliphatic carbocycles. The van der Waals surface area contributed by atoms with Crippen molar-refractivity contribution in [2.75, 3.05) is 32.4 Å². The fourth-order valence-electron chi connectivity index (χ4n) is 2.00. The first-order valence-electron chi connectivity index (χ1n) is 6.86. The number of aryl methyl sites for hydroxylation is 1. The molecule has 23 heavy (non-hydrogen) atoms. The molecule has 0 fully saturated rings. The summed E-state index contributed by atoms with van der Waals surface area (Å²) >= 11 is 0. The van der Waals surface area contributed by atoms with E-state index in [1.54, 1.807) is 19.2 Å². The molecule has 1 atom stereocenters. The summed E-state index contributed by atoms with van der Waals surface area (Å²) in [5, 5.41) is 4.01. The van der Waals surface area contributed by atoms with E-state index in [9.17, 15) is 9.00 Å². The predicted octanol–water partition coefficient (Wildman–Crippen LogP) is 1.79. The van der Waals surface area contributed by atoms with E-state index in [1.807, 2.05) is 31.1 Å². The summed E-state index contributed by atoms with van der Waals surface area (Å²) in [5.41, 5.74) is 1.08. The van der Waals surface area contributed by atoms with Crippen molar-refractivity contribution in [2.24, 2.45) is 11.4 Å². The van der Waals surface area contributed by atoms with E-state index >= 15 is 0 Å². The van der Waals surface area contributed by atoms with Gasteiger partial charge in [-0.3, -0.25) is 4.79 Å². The lowest BCUT2D eigenvalue weighted by molar-refractivity contribution is 0.0999. The molecule has 1 aromatic heterocycles. The molecule has 0 aliphatic rings. The molecule has 0 spiro atoms. The predicted molar refractivity (Wildman–Crippen MR) is 89.6 cm³/mol. The van der Waals surface area contributed by atoms with Crippen LogP contribution in [0.5, 0.6) is 5.88 Å². The Morgan fingerprint density at radius 1 is 1.30 bits per heavy atom. The highest BCUT2D eigenvalue weighted by Gasteiger charge is 2.16. The molecule has 0 saturated heterocycles. The fraction of sp³-hybridized carbons (Fsp3) is 0.333. The van der Waals surface area contributed by atoms with Crippen LogP contribution in [0, 0.1) is 0 Å². The maximum absolute atomic E-state index is 12.7. The number of anilines is 1. The summed E-state index contributed by atoms with van der Waals surface area (Å²) in [5.74, 6) is -0.199. The average molecular weight is 336 g/mol. The van der Waals surface area contributed by atoms with Crippen LogP contribution in [0.1, 0.15) is 10.5 Å². The standard InChI is InChI=1S/C15H20N4O3S/c1-18(2)11-6-8-12(9-7-11)23(5,21)17-15(20)13-10-14(22-4)19(3)16-13/h6-10H,1-5H3. The summed E-state index contributed by atoms with van der Waals surface area (Å²) in [6.07, 6.45) is 1.44. The maximum atomic E-state index is 12.7. The van der Waals surface area contributed by atoms with Gasteiger partial charge < -0.3 is 9.64 Å². The van der Waals surface area contributed by atoms with Crippen molar-refractivity contribution in [3.63, 3.8) is 0 Å². The summed E-state index contributed by atoms with van der Waals surface area (Å²) in [6.45, 7) is 0. The lowest BCUT2D eigenvalue weighted by Crippen LogP contribution is -2.09. The molecule has 2 aromatic rings. The lowest BCUT2D eigenvalue weighted by atomic mass is 10.3. The van der Waals surface area contributed by atoms with Gasteiger partial charge in [-0.05, 0) is 24.3 Å². The van der Waals surface area contributed by atoms with Gasteiger partial charge in [0.05, 0.1) is 16.8 Å². The second kappa shape index (κ2) is 6.41. The molecule has 2 rings (SSSR count). The molecule has 0 N–H and O–H groups in total. The number of ether oxygens (including phenoxy) is 1. The number of carbonyl (C=O) groups is 1. The molecular formula is C15H20N4O3S. The molecule has 8 heteroatoms. The van der Waals surface area contributed by atoms with Crippen molar-refractivity contribution in [1.29, 1.82) is 0 Å². The van der Waals surface area contributed by atoms with Crippen LogP contribution in [0.15, 0.2) is 39.6 Å². The molecule has 0 radical (unpaired) electrons. The normalized spacial score (nSPS) is 13.3. The van der Waals surface area contributed by atoms with Crippen LogP contribution in [-0.2, 0) is 16.8 Å². The second-order valence-electron chi connectivity index (χ2n) is 5.28. The van der Waals surface area contributed by atoms with E-state index in [-0.39, 0.29) is 5.69 Å². The van der Waals surface area contributed by atoms with Crippen LogP contribution < -0.4 is 9.64 Å². The van der Waals surface area contributed by atoms with Crippen molar-refractivity contribution >= 4 is 21.3 Å². The van der Waals surface area contributed by atoms with Gasteiger partial charge in [-0.25, -0.2) is 8.89 Å². The molecule has 0 aliphatic heterocycles. The fourth-order valence-corrected chi connectivity index (χ4v) is 3.16. The molecule has 1 unspecified atom stereocenters. The Balaban J connectivity index is 2.35. The van der Waals surface area contributed by atoms with Crippen molar-refractivity contribution in [1.82, 2.24) is 9.78 Å². The number of hydrogen-bond acceptors (Lipinski definition) is 5. The van der Waals surface area contributed by atoms with E-state index < -0.39 is 15.6 Å². The number of benzene rings is 1. The van der Waals surface area contributed by atoms with Crippen LogP contribution in [-0.4, -0.2) is 47.4 Å². The Kier molecular flexibility index (Phi) is 4.74. The van der Waals surface area contributed by atoms with Crippen molar-refractivity contribution < 1.29 is 13.7 Å². The monoisotopic (exact) mass is 336 g/mol. The molecule has 0 saturated carbocycles. The first-order valence-corrected chi connectivity index (χ1v) is 8.79. The highest BCUT2D eigenvalue weighted by atomic mass is 32.2. The molecule has 0 bridgehead atoms. The van der Waals surface area contributed by atoms with Gasteiger partial charge in [0.1, 0.15) is 0 Å². The van der Waals surface area contributed by atoms with E-state index in [4.69, 9.17) is 4.74 Å². The molecule has 7 nitrogen and oxygen atoms in total. The maximum Gasteiger partial charge on any atom is 0.305 e. The number of aromatic nitrogens is 2. The summed E-state index contributed by atoms with van der Waals surface area (Å²) in [6, 6.07) is 8.57. The minimum Gasteiger partial charge on any atom is -0.481 e. The number of rotatable bonds is 4. The van der Waals surface area contributed by atoms with Gasteiger partial charge >= 0.3 is 5.91 Å². The van der Waals surface area contributed by atoms with Gasteiger partial charge in [-0.2, -0.15) is 9.46 Å². The van der Waals surface area contributed by atoms with Gasteiger partial charge in [0.2, 0.25) is 5.88 Å². The number of methoxy groups -OCH3 is 1. The minimum atomic E-state index is -2.84. The molecule has 1 aromatic carbocycles. The average Bonchev–Trinajstić information content (AvgIpc) is 2.88. The van der Waals surface area contributed by atoms with Gasteiger partial charge in [-0.1, -0.05) is 0 Å². The lowest BCUT2D eigenvalue weighted by Gasteiger charge is -2.12. The summed E-state index contributed by atoms with van der Waals surface area (Å²) in [4.78, 5) is 14.6. The third kappa shape index (κ3) is 3.70. The van der Waals surface area contributed by atoms with Crippen LogP contribution in [0.3, 0.4) is 0 Å². The van der Waals surface area contributed by atoms with Crippen LogP contribution in [0.4, 0.5) is 5.69 Å². The molecule has 124 valence electrons. The Morgan fingerprint density at radius 2 is 1.91 bits per heavy atom. The van der Waals surface area contributed by atoms with Crippen LogP contribution in [0.2, 0.25) is 0 Å². The Morgan fingerprint density at radius 3 is 2.39 bits per heavy atom. The van der Waals surface area contributed by atoms with E-state index in [0.717, 1.165) is 5.69 Å². The molecular weight excluding hydrogens is 316 g/mol. The highest BCUT2D eigenvalue weighted by Crippen LogP contribution is 2.19. The summed E-state index contributed by atoms with van der Waals surface area (Å²) in [7, 11) is 4.13. The third-order valence-corrected chi connectivity index (χ3v) is 4.97. The molecule has 1 amide bonds. The number of amides is 1. The topological polar surface area (TPSA) is 76.8 Å². The highest BCUT2D eigenvalue weighted by molar-refractivity contribution is 7.93. The van der Waals surface area contributed by atoms with E-state index in [1.165, 1.54) is 24.1 Å². The van der Waals surface area contributed by atoms with Gasteiger partial charge in [0, 0.05) is 44.0 Å². The number of carbonyl (C=O) groups excluding carboxylic acids is 1. The second-order valence-corrected chi connectivity index (χ2v) is 7.54. The number of nitrogens with zero attached hydrogens (tertiary/aromatic N) is 4. The van der Waals surface area contributed by atoms with E-state index in [0.29, 0.717) is 10.8 Å². The van der Waals surface area contributed by atoms with Gasteiger partial charge in [0.15, 0.2) is 5.69 Å². The zero-order valence-corrected chi connectivity index (χ0v) is 14.6. The zero-order chi connectivity index (χ0) is 17.2. The summed E-state index contributed by atoms with van der Waals surface area (Å²) < 4.78 is 23.1. The first kappa shape index (κ1) is 17.0. The first-order chi connectivity index (χ1) is 10.7. The van der Waals surface area contributed by atoms with Crippen LogP contribution >= 0.6 is 0 Å². The Bertz CT molecular complexity index is 831. The zero-order valence-electron chi connectivity index (χ0n) is 13.8. The van der Waals surface area contributed by atoms with Gasteiger partial charge in [-0.15, -0.1) is 0 Å². The SMILES string of the molecule is COc1cc(C(=O)N=S(C)(=O)c2ccc(N(C)C)cc2)nn1C. The quantitative estimate of drug-likeness (QED) is 0.851. The van der Waals surface area contributed by atoms with E-state index in [2.05, 4.69) is 9.46 Å². The third-order valence-electron chi connectivity index (χ3n) is 3.31. The minimum absolute atomic E-state index is 0.101. The van der Waals surface area contributed by atoms with Crippen molar-refractivity contribution in [3.05, 3.63) is 36.0 Å². The van der Waals surface area contributed by atoms with Crippen molar-refractivity contribution in [3.8, 4) is 5.88 Å². The number of hydrogen-bond donors (Lipinski definition) is 0. The Labute approximate surface area is 136 Å². The Hall–Kier alpha value is -2.35. The van der Waals surface area contributed by atoms with Crippen LogP contribution in [0.25, 0.3) is 0 Å².